The van der Waals surface area contributed by atoms with Crippen LogP contribution in [0.2, 0.25) is 19.6 Å². The first-order chi connectivity index (χ1) is 6.88. The van der Waals surface area contributed by atoms with Crippen LogP contribution in [-0.2, 0) is 0 Å². The molecule has 4 heteroatoms. The molecule has 3 nitrogen and oxygen atoms in total. The molecule has 0 aliphatic carbocycles. The minimum Gasteiger partial charge on any atom is -0.376 e. The Balaban J connectivity index is 2.95. The number of nitrogens with zero attached hydrogens (tertiary/aromatic N) is 3. The van der Waals surface area contributed by atoms with Crippen LogP contribution in [0.25, 0.3) is 0 Å². The predicted molar refractivity (Wildman–Crippen MR) is 66.6 cm³/mol. The van der Waals surface area contributed by atoms with Crippen molar-refractivity contribution in [3.05, 3.63) is 18.0 Å². The minimum atomic E-state index is -1.33. The topological polar surface area (TPSA) is 29.0 Å². The Bertz CT molecular complexity index is 396. The Hall–Kier alpha value is -1.34. The Morgan fingerprint density at radius 2 is 1.93 bits per heavy atom. The average molecular weight is 219 g/mol. The van der Waals surface area contributed by atoms with Crippen LogP contribution in [0.3, 0.4) is 0 Å². The second-order valence-electron chi connectivity index (χ2n) is 4.69. The van der Waals surface area contributed by atoms with Crippen molar-refractivity contribution in [1.29, 1.82) is 0 Å². The van der Waals surface area contributed by atoms with Gasteiger partial charge in [0.15, 0.2) is 0 Å². The second-order valence-corrected chi connectivity index (χ2v) is 9.44. The van der Waals surface area contributed by atoms with E-state index in [0.29, 0.717) is 0 Å². The van der Waals surface area contributed by atoms with E-state index in [4.69, 9.17) is 0 Å². The van der Waals surface area contributed by atoms with Crippen molar-refractivity contribution in [1.82, 2.24) is 10.2 Å². The second kappa shape index (κ2) is 4.45. The van der Waals surface area contributed by atoms with E-state index < -0.39 is 8.07 Å². The number of rotatable bonds is 1. The fraction of sp³-hybridized carbons (Fsp3) is 0.455. The van der Waals surface area contributed by atoms with Gasteiger partial charge in [-0.05, 0) is 6.07 Å². The lowest BCUT2D eigenvalue weighted by Gasteiger charge is -2.10. The highest BCUT2D eigenvalue weighted by atomic mass is 28.3. The zero-order valence-corrected chi connectivity index (χ0v) is 11.0. The summed E-state index contributed by atoms with van der Waals surface area (Å²) in [7, 11) is 2.63. The molecule has 0 spiro atoms. The van der Waals surface area contributed by atoms with Crippen molar-refractivity contribution in [2.24, 2.45) is 0 Å². The molecule has 80 valence electrons. The van der Waals surface area contributed by atoms with Gasteiger partial charge in [0, 0.05) is 14.1 Å². The molecular formula is C11H17N3Si. The number of hydrogen-bond donors (Lipinski definition) is 0. The normalized spacial score (nSPS) is 10.5. The van der Waals surface area contributed by atoms with E-state index in [9.17, 15) is 0 Å². The first-order valence-corrected chi connectivity index (χ1v) is 8.42. The minimum absolute atomic E-state index is 0.753. The van der Waals surface area contributed by atoms with E-state index in [2.05, 4.69) is 41.3 Å². The molecular weight excluding hydrogens is 202 g/mol. The van der Waals surface area contributed by atoms with Gasteiger partial charge in [-0.1, -0.05) is 25.6 Å². The smallest absolute Gasteiger partial charge is 0.137 e. The van der Waals surface area contributed by atoms with Crippen molar-refractivity contribution in [3.8, 4) is 11.5 Å². The Labute approximate surface area is 92.5 Å². The van der Waals surface area contributed by atoms with Crippen LogP contribution >= 0.6 is 0 Å². The molecule has 0 N–H and O–H groups in total. The molecule has 0 bridgehead atoms. The maximum atomic E-state index is 4.00. The van der Waals surface area contributed by atoms with Crippen LogP contribution < -0.4 is 4.90 Å². The number of hydrogen-bond acceptors (Lipinski definition) is 3. The largest absolute Gasteiger partial charge is 0.376 e. The standard InChI is InChI=1S/C11H17N3Si/c1-14(2)11-8-10(13-12-9-11)6-7-15(3,4)5/h8-9H,1-5H3. The highest BCUT2D eigenvalue weighted by molar-refractivity contribution is 6.83. The molecule has 0 unspecified atom stereocenters. The summed E-state index contributed by atoms with van der Waals surface area (Å²) < 4.78 is 0. The zero-order chi connectivity index (χ0) is 11.5. The Kier molecular flexibility index (Phi) is 3.48. The van der Waals surface area contributed by atoms with Crippen LogP contribution in [0.15, 0.2) is 12.3 Å². The van der Waals surface area contributed by atoms with Crippen molar-refractivity contribution in [2.75, 3.05) is 19.0 Å². The molecule has 0 aromatic carbocycles. The van der Waals surface area contributed by atoms with Gasteiger partial charge in [0.2, 0.25) is 0 Å². The van der Waals surface area contributed by atoms with Crippen LogP contribution in [0.5, 0.6) is 0 Å². The van der Waals surface area contributed by atoms with E-state index in [-0.39, 0.29) is 0 Å². The van der Waals surface area contributed by atoms with Gasteiger partial charge in [-0.25, -0.2) is 0 Å². The Morgan fingerprint density at radius 3 is 2.47 bits per heavy atom. The van der Waals surface area contributed by atoms with E-state index in [1.54, 1.807) is 6.20 Å². The molecule has 1 aromatic rings. The summed E-state index contributed by atoms with van der Waals surface area (Å²) in [5.74, 6) is 3.09. The highest BCUT2D eigenvalue weighted by Crippen LogP contribution is 2.08. The lowest BCUT2D eigenvalue weighted by atomic mass is 10.3. The van der Waals surface area contributed by atoms with Crippen LogP contribution in [0.4, 0.5) is 5.69 Å². The predicted octanol–water partition coefficient (Wildman–Crippen LogP) is 1.77. The van der Waals surface area contributed by atoms with Crippen molar-refractivity contribution in [2.45, 2.75) is 19.6 Å². The molecule has 0 saturated carbocycles. The first kappa shape index (κ1) is 11.7. The molecule has 0 amide bonds. The van der Waals surface area contributed by atoms with Gasteiger partial charge in [-0.3, -0.25) is 0 Å². The van der Waals surface area contributed by atoms with Gasteiger partial charge in [0.05, 0.1) is 11.9 Å². The van der Waals surface area contributed by atoms with Gasteiger partial charge in [-0.15, -0.1) is 10.6 Å². The zero-order valence-electron chi connectivity index (χ0n) is 10.00. The summed E-state index contributed by atoms with van der Waals surface area (Å²) >= 11 is 0. The molecule has 1 heterocycles. The van der Waals surface area contributed by atoms with E-state index in [0.717, 1.165) is 11.4 Å². The van der Waals surface area contributed by atoms with Gasteiger partial charge < -0.3 is 4.90 Å². The third-order valence-electron chi connectivity index (χ3n) is 1.72. The van der Waals surface area contributed by atoms with Crippen molar-refractivity contribution < 1.29 is 0 Å². The summed E-state index contributed by atoms with van der Waals surface area (Å²) in [5.41, 5.74) is 5.06. The fourth-order valence-corrected chi connectivity index (χ4v) is 1.42. The SMILES string of the molecule is CN(C)c1cnnc(C#C[Si](C)(C)C)c1. The average Bonchev–Trinajstić information content (AvgIpc) is 2.14. The van der Waals surface area contributed by atoms with E-state index in [1.165, 1.54) is 0 Å². The summed E-state index contributed by atoms with van der Waals surface area (Å²) in [6, 6.07) is 1.96. The fourth-order valence-electron chi connectivity index (χ4n) is 0.914. The maximum absolute atomic E-state index is 4.00. The van der Waals surface area contributed by atoms with Gasteiger partial charge in [0.25, 0.3) is 0 Å². The molecule has 15 heavy (non-hydrogen) atoms. The van der Waals surface area contributed by atoms with Crippen LogP contribution in [-0.4, -0.2) is 32.4 Å². The molecule has 1 aromatic heterocycles. The van der Waals surface area contributed by atoms with Crippen LogP contribution in [0, 0.1) is 11.5 Å². The molecule has 1 rings (SSSR count). The number of aromatic nitrogens is 2. The summed E-state index contributed by atoms with van der Waals surface area (Å²) in [5, 5.41) is 7.92. The van der Waals surface area contributed by atoms with Gasteiger partial charge >= 0.3 is 0 Å². The molecule has 0 saturated heterocycles. The third-order valence-corrected chi connectivity index (χ3v) is 2.60. The molecule has 0 aliphatic rings. The van der Waals surface area contributed by atoms with Gasteiger partial charge in [0.1, 0.15) is 13.8 Å². The monoisotopic (exact) mass is 219 g/mol. The van der Waals surface area contributed by atoms with Crippen LogP contribution in [0.1, 0.15) is 5.69 Å². The summed E-state index contributed by atoms with van der Waals surface area (Å²) in [6.07, 6.45) is 1.74. The molecule has 0 aliphatic heterocycles. The molecule has 0 fully saturated rings. The molecule has 0 atom stereocenters. The van der Waals surface area contributed by atoms with Gasteiger partial charge in [-0.2, -0.15) is 5.10 Å². The highest BCUT2D eigenvalue weighted by Gasteiger charge is 2.07. The van der Waals surface area contributed by atoms with Crippen molar-refractivity contribution >= 4 is 13.8 Å². The lowest BCUT2D eigenvalue weighted by Crippen LogP contribution is -2.16. The third kappa shape index (κ3) is 4.13. The van der Waals surface area contributed by atoms with Crippen molar-refractivity contribution in [3.63, 3.8) is 0 Å². The quantitative estimate of drug-likeness (QED) is 0.532. The lowest BCUT2D eigenvalue weighted by molar-refractivity contribution is 0.989. The van der Waals surface area contributed by atoms with E-state index in [1.807, 2.05) is 25.1 Å². The first-order valence-electron chi connectivity index (χ1n) is 4.92. The number of anilines is 1. The summed E-state index contributed by atoms with van der Waals surface area (Å²) in [6.45, 7) is 6.63. The van der Waals surface area contributed by atoms with E-state index >= 15 is 0 Å². The summed E-state index contributed by atoms with van der Waals surface area (Å²) in [4.78, 5) is 1.99. The maximum Gasteiger partial charge on any atom is 0.137 e. The molecule has 0 radical (unpaired) electrons. The Morgan fingerprint density at radius 1 is 1.27 bits per heavy atom.